The topological polar surface area (TPSA) is 30.2 Å². The van der Waals surface area contributed by atoms with E-state index in [9.17, 15) is 4.79 Å². The normalized spacial score (nSPS) is 12.9. The minimum Gasteiger partial charge on any atom is -0.461 e. The van der Waals surface area contributed by atoms with Gasteiger partial charge >= 0.3 is 0 Å². The molecule has 0 unspecified atom stereocenters. The third-order valence-electron chi connectivity index (χ3n) is 1.41. The molecule has 3 heteroatoms. The van der Waals surface area contributed by atoms with Crippen LogP contribution in [0.3, 0.4) is 0 Å². The summed E-state index contributed by atoms with van der Waals surface area (Å²) in [5.74, 6) is 0.436. The molecular weight excluding hydrogens is 208 g/mol. The Kier molecular flexibility index (Phi) is 2.88. The van der Waals surface area contributed by atoms with Gasteiger partial charge in [-0.2, -0.15) is 0 Å². The summed E-state index contributed by atoms with van der Waals surface area (Å²) in [4.78, 5) is 11.2. The van der Waals surface area contributed by atoms with Crippen molar-refractivity contribution in [2.45, 2.75) is 18.2 Å². The number of Topliss-reactive ketones (excluding diaryl/α,β-unsaturated/α-hetero) is 1. The largest absolute Gasteiger partial charge is 0.461 e. The first kappa shape index (κ1) is 8.53. The number of hydrogen-bond donors (Lipinski definition) is 0. The summed E-state index contributed by atoms with van der Waals surface area (Å²) in [5.41, 5.74) is 0. The van der Waals surface area contributed by atoms with Crippen molar-refractivity contribution in [2.75, 3.05) is 0 Å². The number of alkyl halides is 1. The average molecular weight is 217 g/mol. The van der Waals surface area contributed by atoms with Gasteiger partial charge in [0.05, 0.1) is 11.1 Å². The first-order chi connectivity index (χ1) is 5.25. The van der Waals surface area contributed by atoms with E-state index >= 15 is 0 Å². The Morgan fingerprint density at radius 3 is 3.00 bits per heavy atom. The number of furan rings is 1. The maximum absolute atomic E-state index is 11.3. The van der Waals surface area contributed by atoms with Crippen LogP contribution in [0, 0.1) is 0 Å². The third-order valence-corrected chi connectivity index (χ3v) is 2.47. The lowest BCUT2D eigenvalue weighted by molar-refractivity contribution is 0.0963. The Morgan fingerprint density at radius 2 is 2.55 bits per heavy atom. The van der Waals surface area contributed by atoms with Crippen molar-refractivity contribution in [2.24, 2.45) is 0 Å². The summed E-state index contributed by atoms with van der Waals surface area (Å²) in [6.45, 7) is 1.94. The average Bonchev–Trinajstić information content (AvgIpc) is 2.53. The first-order valence-electron chi connectivity index (χ1n) is 3.47. The second kappa shape index (κ2) is 3.72. The molecule has 0 N–H and O–H groups in total. The fourth-order valence-electron chi connectivity index (χ4n) is 0.759. The number of carbonyl (C=O) groups excluding carboxylic acids is 1. The molecule has 1 aromatic rings. The Labute approximate surface area is 73.7 Å². The van der Waals surface area contributed by atoms with Gasteiger partial charge in [-0.1, -0.05) is 22.9 Å². The van der Waals surface area contributed by atoms with Gasteiger partial charge in [0.2, 0.25) is 5.78 Å². The molecule has 0 aliphatic carbocycles. The predicted molar refractivity (Wildman–Crippen MR) is 46.0 cm³/mol. The molecule has 1 aromatic heterocycles. The molecule has 0 radical (unpaired) electrons. The second-order valence-electron chi connectivity index (χ2n) is 2.22. The zero-order valence-electron chi connectivity index (χ0n) is 6.21. The highest BCUT2D eigenvalue weighted by Crippen LogP contribution is 2.13. The summed E-state index contributed by atoms with van der Waals surface area (Å²) < 4.78 is 4.94. The Balaban J connectivity index is 2.70. The smallest absolute Gasteiger partial charge is 0.211 e. The zero-order valence-corrected chi connectivity index (χ0v) is 7.80. The van der Waals surface area contributed by atoms with E-state index in [4.69, 9.17) is 4.42 Å². The predicted octanol–water partition coefficient (Wildman–Crippen LogP) is 2.64. The molecule has 0 fully saturated rings. The molecular formula is C8H9BrO2. The molecule has 0 bridgehead atoms. The van der Waals surface area contributed by atoms with Gasteiger partial charge in [-0.3, -0.25) is 4.79 Å². The highest BCUT2D eigenvalue weighted by Gasteiger charge is 2.16. The molecule has 0 aromatic carbocycles. The molecule has 0 spiro atoms. The number of rotatable bonds is 3. The molecule has 0 saturated carbocycles. The zero-order chi connectivity index (χ0) is 8.27. The quantitative estimate of drug-likeness (QED) is 0.575. The van der Waals surface area contributed by atoms with Gasteiger partial charge in [-0.25, -0.2) is 0 Å². The van der Waals surface area contributed by atoms with E-state index < -0.39 is 0 Å². The lowest BCUT2D eigenvalue weighted by Crippen LogP contribution is -2.11. The van der Waals surface area contributed by atoms with Crippen LogP contribution in [0.4, 0.5) is 0 Å². The lowest BCUT2D eigenvalue weighted by Gasteiger charge is -2.00. The fraction of sp³-hybridized carbons (Fsp3) is 0.375. The van der Waals surface area contributed by atoms with Crippen LogP contribution in [-0.4, -0.2) is 10.6 Å². The summed E-state index contributed by atoms with van der Waals surface area (Å²) >= 11 is 3.25. The summed E-state index contributed by atoms with van der Waals surface area (Å²) in [5, 5.41) is 0. The van der Waals surface area contributed by atoms with Crippen molar-refractivity contribution in [3.63, 3.8) is 0 Å². The number of halogens is 1. The highest BCUT2D eigenvalue weighted by molar-refractivity contribution is 9.10. The van der Waals surface area contributed by atoms with Gasteiger partial charge < -0.3 is 4.42 Å². The third kappa shape index (κ3) is 1.93. The van der Waals surface area contributed by atoms with Crippen molar-refractivity contribution >= 4 is 21.7 Å². The standard InChI is InChI=1S/C8H9BrO2/c1-2-6(9)8(10)7-4-3-5-11-7/h3-6H,2H2,1H3/t6-/m0/s1. The van der Waals surface area contributed by atoms with Gasteiger partial charge in [-0.15, -0.1) is 0 Å². The van der Waals surface area contributed by atoms with E-state index in [2.05, 4.69) is 15.9 Å². The van der Waals surface area contributed by atoms with Crippen molar-refractivity contribution in [3.8, 4) is 0 Å². The highest BCUT2D eigenvalue weighted by atomic mass is 79.9. The van der Waals surface area contributed by atoms with Crippen LogP contribution in [0.5, 0.6) is 0 Å². The van der Waals surface area contributed by atoms with E-state index in [1.807, 2.05) is 6.92 Å². The lowest BCUT2D eigenvalue weighted by atomic mass is 10.2. The van der Waals surface area contributed by atoms with Crippen molar-refractivity contribution in [3.05, 3.63) is 24.2 Å². The molecule has 2 nitrogen and oxygen atoms in total. The van der Waals surface area contributed by atoms with Crippen LogP contribution >= 0.6 is 15.9 Å². The Hall–Kier alpha value is -0.570. The second-order valence-corrected chi connectivity index (χ2v) is 3.32. The van der Waals surface area contributed by atoms with Crippen LogP contribution in [0.15, 0.2) is 22.8 Å². The van der Waals surface area contributed by atoms with Gasteiger partial charge in [-0.05, 0) is 18.6 Å². The molecule has 60 valence electrons. The van der Waals surface area contributed by atoms with Gasteiger partial charge in [0.25, 0.3) is 0 Å². The van der Waals surface area contributed by atoms with Crippen molar-refractivity contribution < 1.29 is 9.21 Å². The summed E-state index contributed by atoms with van der Waals surface area (Å²) in [7, 11) is 0. The maximum Gasteiger partial charge on any atom is 0.211 e. The molecule has 0 saturated heterocycles. The molecule has 1 heterocycles. The van der Waals surface area contributed by atoms with Crippen LogP contribution in [0.2, 0.25) is 0 Å². The first-order valence-corrected chi connectivity index (χ1v) is 4.39. The van der Waals surface area contributed by atoms with Gasteiger partial charge in [0, 0.05) is 0 Å². The van der Waals surface area contributed by atoms with Crippen LogP contribution in [-0.2, 0) is 0 Å². The fourth-order valence-corrected chi connectivity index (χ4v) is 0.984. The number of ketones is 1. The number of hydrogen-bond acceptors (Lipinski definition) is 2. The van der Waals surface area contributed by atoms with Crippen molar-refractivity contribution in [1.82, 2.24) is 0 Å². The van der Waals surface area contributed by atoms with E-state index in [0.29, 0.717) is 5.76 Å². The van der Waals surface area contributed by atoms with Gasteiger partial charge in [0.1, 0.15) is 0 Å². The molecule has 0 aliphatic rings. The maximum atomic E-state index is 11.3. The molecule has 0 amide bonds. The summed E-state index contributed by atoms with van der Waals surface area (Å²) in [6, 6.07) is 3.38. The molecule has 1 atom stereocenters. The van der Waals surface area contributed by atoms with Crippen LogP contribution < -0.4 is 0 Å². The minimum atomic E-state index is -0.117. The van der Waals surface area contributed by atoms with E-state index in [1.165, 1.54) is 6.26 Å². The van der Waals surface area contributed by atoms with E-state index in [1.54, 1.807) is 12.1 Å². The summed E-state index contributed by atoms with van der Waals surface area (Å²) in [6.07, 6.45) is 2.28. The van der Waals surface area contributed by atoms with E-state index in [-0.39, 0.29) is 10.6 Å². The Morgan fingerprint density at radius 1 is 1.82 bits per heavy atom. The van der Waals surface area contributed by atoms with Crippen LogP contribution in [0.25, 0.3) is 0 Å². The van der Waals surface area contributed by atoms with Crippen molar-refractivity contribution in [1.29, 1.82) is 0 Å². The Bertz CT molecular complexity index is 228. The molecule has 0 aliphatic heterocycles. The van der Waals surface area contributed by atoms with Crippen LogP contribution in [0.1, 0.15) is 23.9 Å². The number of carbonyl (C=O) groups is 1. The molecule has 1 rings (SSSR count). The monoisotopic (exact) mass is 216 g/mol. The molecule has 11 heavy (non-hydrogen) atoms. The minimum absolute atomic E-state index is 0.0116. The van der Waals surface area contributed by atoms with E-state index in [0.717, 1.165) is 6.42 Å². The van der Waals surface area contributed by atoms with Gasteiger partial charge in [0.15, 0.2) is 5.76 Å². The SMILES string of the molecule is CC[C@H](Br)C(=O)c1ccco1.